The molecular formula is C27H30F3Sn+. The van der Waals surface area contributed by atoms with Gasteiger partial charge in [-0.2, -0.15) is 0 Å². The van der Waals surface area contributed by atoms with Gasteiger partial charge in [-0.25, -0.2) is 0 Å². The van der Waals surface area contributed by atoms with Crippen LogP contribution in [0.5, 0.6) is 0 Å². The van der Waals surface area contributed by atoms with E-state index in [2.05, 4.69) is 52.0 Å². The third-order valence-electron chi connectivity index (χ3n) is 6.03. The maximum atomic E-state index is 14.0. The van der Waals surface area contributed by atoms with Gasteiger partial charge in [0.2, 0.25) is 0 Å². The van der Waals surface area contributed by atoms with Crippen molar-refractivity contribution in [3.05, 3.63) is 102 Å². The van der Waals surface area contributed by atoms with Crippen molar-refractivity contribution in [2.24, 2.45) is 0 Å². The molecule has 162 valence electrons. The molecule has 0 amide bonds. The Morgan fingerprint density at radius 2 is 0.968 bits per heavy atom. The molecule has 0 bridgehead atoms. The van der Waals surface area contributed by atoms with Gasteiger partial charge in [0.1, 0.15) is 0 Å². The molecule has 0 N–H and O–H groups in total. The molecule has 0 atom stereocenters. The molecule has 0 radical (unpaired) electrons. The number of hydrogen-bond donors (Lipinski definition) is 0. The van der Waals surface area contributed by atoms with Gasteiger partial charge < -0.3 is 0 Å². The van der Waals surface area contributed by atoms with Gasteiger partial charge in [0.25, 0.3) is 0 Å². The van der Waals surface area contributed by atoms with E-state index in [9.17, 15) is 13.2 Å². The summed E-state index contributed by atoms with van der Waals surface area (Å²) in [6, 6.07) is 26.7. The van der Waals surface area contributed by atoms with E-state index in [0.29, 0.717) is 3.58 Å². The molecule has 0 spiro atoms. The fourth-order valence-electron chi connectivity index (χ4n) is 4.34. The average Bonchev–Trinajstić information content (AvgIpc) is 2.74. The van der Waals surface area contributed by atoms with Gasteiger partial charge in [-0.05, 0) is 0 Å². The zero-order valence-corrected chi connectivity index (χ0v) is 21.5. The summed E-state index contributed by atoms with van der Waals surface area (Å²) >= 11 is -2.79. The van der Waals surface area contributed by atoms with Gasteiger partial charge in [-0.15, -0.1) is 0 Å². The summed E-state index contributed by atoms with van der Waals surface area (Å²) < 4.78 is 44.1. The predicted molar refractivity (Wildman–Crippen MR) is 125 cm³/mol. The van der Waals surface area contributed by atoms with Crippen molar-refractivity contribution >= 4 is 23.3 Å². The number of alkyl halides is 3. The summed E-state index contributed by atoms with van der Waals surface area (Å²) in [5, 5.41) is 0. The monoisotopic (exact) mass is 531 g/mol. The van der Waals surface area contributed by atoms with E-state index < -0.39 is 31.5 Å². The summed E-state index contributed by atoms with van der Waals surface area (Å²) in [4.78, 5) is 0. The maximum absolute atomic E-state index is 14.0. The molecule has 3 aromatic rings. The third-order valence-corrected chi connectivity index (χ3v) is 16.9. The van der Waals surface area contributed by atoms with Crippen molar-refractivity contribution in [1.82, 2.24) is 0 Å². The van der Waals surface area contributed by atoms with Crippen LogP contribution in [-0.4, -0.2) is 19.8 Å². The molecule has 3 aromatic carbocycles. The first-order valence-corrected chi connectivity index (χ1v) is 16.1. The Balaban J connectivity index is 2.05. The van der Waals surface area contributed by atoms with Gasteiger partial charge in [0.15, 0.2) is 0 Å². The van der Waals surface area contributed by atoms with Crippen LogP contribution < -0.4 is 3.58 Å². The molecule has 0 aliphatic carbocycles. The van der Waals surface area contributed by atoms with Gasteiger partial charge >= 0.3 is 192 Å². The van der Waals surface area contributed by atoms with Crippen LogP contribution in [0.2, 0.25) is 8.87 Å². The fraction of sp³-hybridized carbons (Fsp3) is 0.333. The minimum atomic E-state index is -4.32. The summed E-state index contributed by atoms with van der Waals surface area (Å²) in [7, 11) is 0. The van der Waals surface area contributed by atoms with Crippen LogP contribution >= 0.6 is 0 Å². The van der Waals surface area contributed by atoms with Crippen molar-refractivity contribution in [1.29, 1.82) is 0 Å². The second kappa shape index (κ2) is 9.40. The van der Waals surface area contributed by atoms with Gasteiger partial charge in [-0.1, -0.05) is 0 Å². The number of benzene rings is 3. The van der Waals surface area contributed by atoms with E-state index in [-0.39, 0.29) is 10.8 Å². The standard InChI is InChI=1S/2C10H13.C7H4F3.Sn/c2*1-10(2,3)9-7-5-4-6-8-9;8-7(9,10)6-4-2-1-3-5-6;/h2*4-8H,1H2,2-3H3;1-4H;/q;;;+1. The molecule has 0 aromatic heterocycles. The molecule has 3 rings (SSSR count). The van der Waals surface area contributed by atoms with Crippen LogP contribution in [0.1, 0.15) is 44.4 Å². The van der Waals surface area contributed by atoms with E-state index in [1.54, 1.807) is 12.1 Å². The zero-order chi connectivity index (χ0) is 22.7. The van der Waals surface area contributed by atoms with Crippen molar-refractivity contribution in [3.63, 3.8) is 0 Å². The first kappa shape index (κ1) is 23.9. The average molecular weight is 530 g/mol. The van der Waals surface area contributed by atoms with Gasteiger partial charge in [0, 0.05) is 0 Å². The van der Waals surface area contributed by atoms with E-state index in [4.69, 9.17) is 0 Å². The predicted octanol–water partition coefficient (Wildman–Crippen LogP) is 7.36. The van der Waals surface area contributed by atoms with Crippen LogP contribution in [0.15, 0.2) is 84.9 Å². The first-order valence-electron chi connectivity index (χ1n) is 10.6. The molecule has 0 aliphatic rings. The third kappa shape index (κ3) is 5.94. The topological polar surface area (TPSA) is 0 Å². The summed E-state index contributed by atoms with van der Waals surface area (Å²) in [5.74, 6) is 0. The number of rotatable bonds is 7. The Kier molecular flexibility index (Phi) is 7.24. The van der Waals surface area contributed by atoms with Crippen LogP contribution in [0.25, 0.3) is 0 Å². The molecule has 0 saturated carbocycles. The van der Waals surface area contributed by atoms with Crippen molar-refractivity contribution in [3.8, 4) is 0 Å². The summed E-state index contributed by atoms with van der Waals surface area (Å²) in [6.07, 6.45) is -4.32. The molecule has 0 unspecified atom stereocenters. The van der Waals surface area contributed by atoms with Crippen molar-refractivity contribution in [2.45, 2.75) is 53.6 Å². The Morgan fingerprint density at radius 1 is 0.581 bits per heavy atom. The van der Waals surface area contributed by atoms with Gasteiger partial charge in [0.05, 0.1) is 0 Å². The molecule has 0 heterocycles. The molecule has 0 fully saturated rings. The Labute approximate surface area is 191 Å². The van der Waals surface area contributed by atoms with Crippen LogP contribution in [-0.2, 0) is 17.0 Å². The van der Waals surface area contributed by atoms with E-state index >= 15 is 0 Å². The minimum absolute atomic E-state index is 0.179. The summed E-state index contributed by atoms with van der Waals surface area (Å²) in [5.41, 5.74) is 1.59. The molecule has 31 heavy (non-hydrogen) atoms. The second-order valence-electron chi connectivity index (χ2n) is 9.50. The van der Waals surface area contributed by atoms with Gasteiger partial charge in [-0.3, -0.25) is 0 Å². The normalized spacial score (nSPS) is 12.6. The fourth-order valence-corrected chi connectivity index (χ4v) is 15.7. The van der Waals surface area contributed by atoms with Crippen LogP contribution in [0.3, 0.4) is 0 Å². The van der Waals surface area contributed by atoms with E-state index in [1.165, 1.54) is 23.3 Å². The van der Waals surface area contributed by atoms with E-state index in [0.717, 1.165) is 8.87 Å². The van der Waals surface area contributed by atoms with Crippen LogP contribution in [0, 0.1) is 0 Å². The Bertz CT molecular complexity index is 923. The zero-order valence-electron chi connectivity index (χ0n) is 18.6. The molecular weight excluding hydrogens is 500 g/mol. The quantitative estimate of drug-likeness (QED) is 0.280. The molecule has 0 aliphatic heterocycles. The Hall–Kier alpha value is -1.75. The summed E-state index contributed by atoms with van der Waals surface area (Å²) in [6.45, 7) is 8.70. The van der Waals surface area contributed by atoms with Crippen molar-refractivity contribution < 1.29 is 13.2 Å². The molecule has 4 heteroatoms. The number of halogens is 3. The second-order valence-corrected chi connectivity index (χ2v) is 16.5. The van der Waals surface area contributed by atoms with E-state index in [1.807, 2.05) is 36.4 Å². The molecule has 0 nitrogen and oxygen atoms in total. The Morgan fingerprint density at radius 3 is 1.39 bits per heavy atom. The van der Waals surface area contributed by atoms with Crippen molar-refractivity contribution in [2.75, 3.05) is 0 Å². The molecule has 0 saturated heterocycles. The first-order chi connectivity index (χ1) is 14.5. The van der Waals surface area contributed by atoms with Crippen LogP contribution in [0.4, 0.5) is 13.2 Å². The SMILES string of the molecule is CC(C)([CH2][Sn+]([CH2]C(C)(C)c1ccccc1)[c]1ccccc1C(F)(F)F)c1ccccc1. The number of hydrogen-bond acceptors (Lipinski definition) is 0.